The Morgan fingerprint density at radius 3 is 2.38 bits per heavy atom. The molecule has 1 aromatic carbocycles. The minimum atomic E-state index is -0.192. The van der Waals surface area contributed by atoms with Gasteiger partial charge in [-0.2, -0.15) is 0 Å². The zero-order chi connectivity index (χ0) is 17.8. The number of benzene rings is 1. The fourth-order valence-corrected chi connectivity index (χ4v) is 3.48. The first-order valence-corrected chi connectivity index (χ1v) is 9.12. The Morgan fingerprint density at radius 1 is 1.19 bits per heavy atom. The average molecular weight is 397 g/mol. The van der Waals surface area contributed by atoms with Crippen LogP contribution in [0.2, 0.25) is 0 Å². The van der Waals surface area contributed by atoms with Gasteiger partial charge in [0.15, 0.2) is 0 Å². The Bertz CT molecular complexity index is 716. The summed E-state index contributed by atoms with van der Waals surface area (Å²) in [5, 5.41) is 12.1. The average Bonchev–Trinajstić information content (AvgIpc) is 3.06. The highest BCUT2D eigenvalue weighted by Crippen LogP contribution is 2.21. The second kappa shape index (κ2) is 9.16. The number of nitrogens with zero attached hydrogens (tertiary/aromatic N) is 4. The van der Waals surface area contributed by atoms with E-state index in [0.717, 1.165) is 36.9 Å². The predicted molar refractivity (Wildman–Crippen MR) is 99.5 cm³/mol. The molecular formula is C17H23ClN5O2S-. The molecule has 1 aliphatic heterocycles. The normalized spacial score (nSPS) is 15.9. The van der Waals surface area contributed by atoms with E-state index in [4.69, 9.17) is 4.74 Å². The highest BCUT2D eigenvalue weighted by molar-refractivity contribution is 7.15. The summed E-state index contributed by atoms with van der Waals surface area (Å²) in [6.45, 7) is 7.27. The zero-order valence-corrected chi connectivity index (χ0v) is 16.7. The van der Waals surface area contributed by atoms with E-state index < -0.39 is 0 Å². The van der Waals surface area contributed by atoms with E-state index in [0.29, 0.717) is 5.13 Å². The summed E-state index contributed by atoms with van der Waals surface area (Å²) in [7, 11) is 1.67. The molecule has 26 heavy (non-hydrogen) atoms. The number of rotatable bonds is 5. The minimum absolute atomic E-state index is 0. The summed E-state index contributed by atoms with van der Waals surface area (Å²) in [6, 6.07) is 7.90. The number of carbonyl (C=O) groups excluding carboxylic acids is 1. The molecule has 1 N–H and O–H groups in total. The van der Waals surface area contributed by atoms with Crippen LogP contribution in [0.25, 0.3) is 0 Å². The molecule has 1 amide bonds. The predicted octanol–water partition coefficient (Wildman–Crippen LogP) is -0.992. The van der Waals surface area contributed by atoms with Gasteiger partial charge in [-0.3, -0.25) is 15.0 Å². The van der Waals surface area contributed by atoms with Crippen molar-refractivity contribution in [1.82, 2.24) is 15.1 Å². The third kappa shape index (κ3) is 4.84. The summed E-state index contributed by atoms with van der Waals surface area (Å²) in [6.07, 6.45) is 0. The third-order valence-electron chi connectivity index (χ3n) is 4.44. The Morgan fingerprint density at radius 2 is 1.85 bits per heavy atom. The van der Waals surface area contributed by atoms with E-state index in [2.05, 4.69) is 37.4 Å². The quantitative estimate of drug-likeness (QED) is 0.699. The topological polar surface area (TPSA) is 70.6 Å². The number of hydrogen-bond acceptors (Lipinski definition) is 7. The van der Waals surface area contributed by atoms with Gasteiger partial charge < -0.3 is 22.0 Å². The number of methoxy groups -OCH3 is 1. The Balaban J connectivity index is 0.00000243. The second-order valence-electron chi connectivity index (χ2n) is 6.01. The number of halogens is 1. The molecule has 1 fully saturated rings. The number of amides is 1. The molecule has 1 unspecified atom stereocenters. The second-order valence-corrected chi connectivity index (χ2v) is 7.19. The molecule has 0 saturated carbocycles. The Hall–Kier alpha value is -1.90. The fourth-order valence-electron chi connectivity index (χ4n) is 2.88. The first kappa shape index (κ1) is 20.4. The molecule has 1 saturated heterocycles. The highest BCUT2D eigenvalue weighted by atomic mass is 35.5. The SMILES string of the molecule is COc1ccc(N2CCN(C(C)C(=O)Nc3nnc(C)s3)CC2)cc1.[Cl-]. The maximum Gasteiger partial charge on any atom is 0.243 e. The first-order valence-electron chi connectivity index (χ1n) is 8.31. The Kier molecular flexibility index (Phi) is 7.19. The van der Waals surface area contributed by atoms with Gasteiger partial charge in [0.25, 0.3) is 0 Å². The van der Waals surface area contributed by atoms with Crippen molar-refractivity contribution in [2.45, 2.75) is 19.9 Å². The molecule has 0 bridgehead atoms. The number of aromatic nitrogens is 2. The van der Waals surface area contributed by atoms with Gasteiger partial charge in [0, 0.05) is 31.9 Å². The van der Waals surface area contributed by atoms with E-state index >= 15 is 0 Å². The molecule has 0 radical (unpaired) electrons. The van der Waals surface area contributed by atoms with Crippen LogP contribution in [0, 0.1) is 6.92 Å². The van der Waals surface area contributed by atoms with Gasteiger partial charge in [0.2, 0.25) is 11.0 Å². The van der Waals surface area contributed by atoms with Crippen LogP contribution in [0.1, 0.15) is 11.9 Å². The molecule has 2 heterocycles. The summed E-state index contributed by atoms with van der Waals surface area (Å²) in [5.74, 6) is 0.827. The van der Waals surface area contributed by atoms with Crippen molar-refractivity contribution >= 4 is 28.1 Å². The number of carbonyl (C=O) groups is 1. The Labute approximate surface area is 163 Å². The summed E-state index contributed by atoms with van der Waals surface area (Å²) >= 11 is 1.39. The summed E-state index contributed by atoms with van der Waals surface area (Å²) in [4.78, 5) is 16.9. The van der Waals surface area contributed by atoms with E-state index in [1.54, 1.807) is 7.11 Å². The molecule has 3 rings (SSSR count). The zero-order valence-electron chi connectivity index (χ0n) is 15.1. The van der Waals surface area contributed by atoms with Crippen molar-refractivity contribution in [3.63, 3.8) is 0 Å². The number of hydrogen-bond donors (Lipinski definition) is 1. The lowest BCUT2D eigenvalue weighted by Gasteiger charge is -2.38. The van der Waals surface area contributed by atoms with Gasteiger partial charge in [-0.1, -0.05) is 11.3 Å². The molecule has 9 heteroatoms. The van der Waals surface area contributed by atoms with Crippen LogP contribution in [-0.2, 0) is 4.79 Å². The first-order chi connectivity index (χ1) is 12.1. The maximum atomic E-state index is 12.4. The van der Waals surface area contributed by atoms with Crippen molar-refractivity contribution in [2.75, 3.05) is 43.5 Å². The van der Waals surface area contributed by atoms with Crippen molar-refractivity contribution in [1.29, 1.82) is 0 Å². The number of ether oxygens (including phenoxy) is 1. The van der Waals surface area contributed by atoms with E-state index in [-0.39, 0.29) is 24.4 Å². The molecular weight excluding hydrogens is 374 g/mol. The van der Waals surface area contributed by atoms with Crippen LogP contribution in [-0.4, -0.2) is 60.3 Å². The monoisotopic (exact) mass is 396 g/mol. The lowest BCUT2D eigenvalue weighted by atomic mass is 10.2. The molecule has 1 aliphatic rings. The molecule has 142 valence electrons. The van der Waals surface area contributed by atoms with E-state index in [1.807, 2.05) is 26.0 Å². The molecule has 0 spiro atoms. The third-order valence-corrected chi connectivity index (χ3v) is 5.19. The van der Waals surface area contributed by atoms with Crippen LogP contribution in [0.3, 0.4) is 0 Å². The van der Waals surface area contributed by atoms with Crippen molar-refractivity contribution in [3.05, 3.63) is 29.3 Å². The molecule has 2 aromatic rings. The van der Waals surface area contributed by atoms with E-state index in [9.17, 15) is 4.79 Å². The number of aryl methyl sites for hydroxylation is 1. The van der Waals surface area contributed by atoms with Crippen molar-refractivity contribution in [3.8, 4) is 5.75 Å². The van der Waals surface area contributed by atoms with Crippen LogP contribution in [0.15, 0.2) is 24.3 Å². The minimum Gasteiger partial charge on any atom is -1.00 e. The number of piperazine rings is 1. The molecule has 0 aliphatic carbocycles. The van der Waals surface area contributed by atoms with E-state index in [1.165, 1.54) is 17.0 Å². The summed E-state index contributed by atoms with van der Waals surface area (Å²) in [5.41, 5.74) is 1.18. The smallest absolute Gasteiger partial charge is 0.243 e. The van der Waals surface area contributed by atoms with Gasteiger partial charge in [0.05, 0.1) is 13.2 Å². The largest absolute Gasteiger partial charge is 1.00 e. The van der Waals surface area contributed by atoms with Crippen molar-refractivity contribution < 1.29 is 21.9 Å². The van der Waals surface area contributed by atoms with Gasteiger partial charge in [-0.05, 0) is 38.1 Å². The lowest BCUT2D eigenvalue weighted by Crippen LogP contribution is -3.00. The van der Waals surface area contributed by atoms with Gasteiger partial charge in [0.1, 0.15) is 10.8 Å². The highest BCUT2D eigenvalue weighted by Gasteiger charge is 2.26. The number of anilines is 2. The van der Waals surface area contributed by atoms with Gasteiger partial charge in [-0.15, -0.1) is 10.2 Å². The fraction of sp³-hybridized carbons (Fsp3) is 0.471. The van der Waals surface area contributed by atoms with Gasteiger partial charge in [-0.25, -0.2) is 0 Å². The number of nitrogens with one attached hydrogen (secondary N) is 1. The van der Waals surface area contributed by atoms with Crippen LogP contribution >= 0.6 is 11.3 Å². The van der Waals surface area contributed by atoms with Gasteiger partial charge >= 0.3 is 0 Å². The van der Waals surface area contributed by atoms with Crippen LogP contribution in [0.5, 0.6) is 5.75 Å². The van der Waals surface area contributed by atoms with Crippen molar-refractivity contribution in [2.24, 2.45) is 0 Å². The molecule has 1 aromatic heterocycles. The maximum absolute atomic E-state index is 12.4. The summed E-state index contributed by atoms with van der Waals surface area (Å²) < 4.78 is 5.20. The van der Waals surface area contributed by atoms with Crippen LogP contribution in [0.4, 0.5) is 10.8 Å². The molecule has 7 nitrogen and oxygen atoms in total. The van der Waals surface area contributed by atoms with Crippen LogP contribution < -0.4 is 27.4 Å². The lowest BCUT2D eigenvalue weighted by molar-refractivity contribution is -0.120. The standard InChI is InChI=1S/C17H23N5O2S.ClH/c1-12(16(23)18-17-20-19-13(2)25-17)21-8-10-22(11-9-21)14-4-6-15(24-3)7-5-14;/h4-7,12H,8-11H2,1-3H3,(H,18,20,23);1H/p-1. The molecule has 1 atom stereocenters.